The van der Waals surface area contributed by atoms with Gasteiger partial charge in [-0.15, -0.1) is 93.4 Å². The van der Waals surface area contributed by atoms with Gasteiger partial charge in [0.05, 0.1) is 11.3 Å². The summed E-state index contributed by atoms with van der Waals surface area (Å²) in [6, 6.07) is 89.3. The Kier molecular flexibility index (Phi) is 13.4. The van der Waals surface area contributed by atoms with Crippen LogP contribution in [0.15, 0.2) is 219 Å². The molecule has 0 bridgehead atoms. The van der Waals surface area contributed by atoms with Crippen molar-refractivity contribution in [1.82, 2.24) is 23.8 Å². The van der Waals surface area contributed by atoms with Crippen LogP contribution in [0, 0.1) is 45.9 Å². The number of rotatable bonds is 11. The van der Waals surface area contributed by atoms with Gasteiger partial charge in [0.15, 0.2) is 0 Å². The Morgan fingerprint density at radius 3 is 1.52 bits per heavy atom. The third-order valence-corrected chi connectivity index (χ3v) is 18.9. The number of hydrogen-bond donors (Lipinski definition) is 0. The van der Waals surface area contributed by atoms with Crippen LogP contribution in [0.4, 0.5) is 0 Å². The van der Waals surface area contributed by atoms with Gasteiger partial charge < -0.3 is 13.8 Å². The van der Waals surface area contributed by atoms with E-state index in [-0.39, 0.29) is 20.1 Å². The van der Waals surface area contributed by atoms with Crippen molar-refractivity contribution in [1.29, 1.82) is 0 Å². The van der Waals surface area contributed by atoms with Crippen LogP contribution in [0.5, 0.6) is 0 Å². The number of thiophene rings is 1. The summed E-state index contributed by atoms with van der Waals surface area (Å²) in [5, 5.41) is 9.49. The van der Waals surface area contributed by atoms with Crippen LogP contribution in [0.3, 0.4) is 0 Å². The van der Waals surface area contributed by atoms with Crippen molar-refractivity contribution >= 4 is 86.2 Å². The smallest absolute Gasteiger partial charge is 0.337 e. The molecule has 412 valence electrons. The normalized spacial score (nSPS) is 11.8. The number of nitrogens with zero attached hydrogens (tertiary/aromatic N) is 5. The van der Waals surface area contributed by atoms with Crippen LogP contribution in [-0.4, -0.2) is 23.8 Å². The van der Waals surface area contributed by atoms with Crippen molar-refractivity contribution in [3.05, 3.63) is 282 Å². The van der Waals surface area contributed by atoms with E-state index in [2.05, 4.69) is 261 Å². The van der Waals surface area contributed by atoms with Gasteiger partial charge in [-0.2, -0.15) is 0 Å². The third-order valence-electron chi connectivity index (χ3n) is 17.8. The fraction of sp³-hybridized carbons (Fsp3) is 0.101. The average Bonchev–Trinajstić information content (AvgIpc) is 1.65. The van der Waals surface area contributed by atoms with Crippen molar-refractivity contribution in [3.63, 3.8) is 0 Å². The summed E-state index contributed by atoms with van der Waals surface area (Å²) < 4.78 is 7.14. The largest absolute Gasteiger partial charge is 3.00 e. The Bertz CT molecular complexity index is 5180. The van der Waals surface area contributed by atoms with E-state index >= 15 is 0 Å². The van der Waals surface area contributed by atoms with E-state index in [0.717, 1.165) is 92.6 Å². The second-order valence-corrected chi connectivity index (χ2v) is 24.0. The number of imidazole rings is 2. The predicted octanol–water partition coefficient (Wildman–Crippen LogP) is 19.9. The fourth-order valence-corrected chi connectivity index (χ4v) is 14.4. The van der Waals surface area contributed by atoms with Gasteiger partial charge in [-0.25, -0.2) is 0 Å². The van der Waals surface area contributed by atoms with E-state index in [9.17, 15) is 0 Å². The minimum atomic E-state index is 0. The summed E-state index contributed by atoms with van der Waals surface area (Å²) in [4.78, 5) is 14.9. The molecule has 0 aliphatic carbocycles. The van der Waals surface area contributed by atoms with Crippen LogP contribution < -0.4 is 0 Å². The number of fused-ring (bicyclic) bond motifs is 15. The summed E-state index contributed by atoms with van der Waals surface area (Å²) in [6.45, 7) is 8.53. The number of pyridine rings is 3. The molecule has 10 aromatic carbocycles. The van der Waals surface area contributed by atoms with Gasteiger partial charge >= 0.3 is 20.1 Å². The van der Waals surface area contributed by atoms with Crippen LogP contribution in [0.25, 0.3) is 131 Å². The zero-order valence-electron chi connectivity index (χ0n) is 48.1. The molecule has 0 aliphatic heterocycles. The third kappa shape index (κ3) is 9.12. The molecular weight excluding hydrogens is 1240 g/mol. The number of para-hydroxylation sites is 2. The van der Waals surface area contributed by atoms with E-state index < -0.39 is 0 Å². The molecule has 86 heavy (non-hydrogen) atoms. The molecule has 7 heteroatoms. The van der Waals surface area contributed by atoms with Crippen molar-refractivity contribution in [2.24, 2.45) is 0 Å². The molecule has 0 N–H and O–H groups in total. The topological polar surface area (TPSA) is 47.5 Å². The first kappa shape index (κ1) is 53.4. The molecule has 0 amide bonds. The average molecular weight is 1300 g/mol. The molecule has 0 aliphatic rings. The van der Waals surface area contributed by atoms with Crippen LogP contribution >= 0.6 is 11.3 Å². The first-order chi connectivity index (χ1) is 41.8. The Hall–Kier alpha value is -9.36. The van der Waals surface area contributed by atoms with E-state index in [1.807, 2.05) is 23.6 Å². The monoisotopic (exact) mass is 1300 g/mol. The van der Waals surface area contributed by atoms with Crippen LogP contribution in [-0.2, 0) is 45.8 Å². The first-order valence-electron chi connectivity index (χ1n) is 29.4. The van der Waals surface area contributed by atoms with Gasteiger partial charge in [0.1, 0.15) is 0 Å². The molecule has 0 spiro atoms. The molecule has 16 rings (SSSR count). The summed E-state index contributed by atoms with van der Waals surface area (Å²) in [6.07, 6.45) is 5.30. The molecular formula is C79H56IrN5S. The van der Waals surface area contributed by atoms with Crippen molar-refractivity contribution < 1.29 is 20.1 Å². The zero-order chi connectivity index (χ0) is 56.9. The standard InChI is InChI=1S/C79H56N5S.Ir/c1-48-50(3)83-74-23-12-10-20-64(74)71-43-52(29-34-68(71)78(83)81-48)25-27-54-40-55(28-26-53-30-35-69-72(44-53)65-21-11-13-24-75(65)84-51(4)49(2)82-79(69)84)42-60(41-54)61-18-8-9-19-62(61)63-36-33-59(73-22-14-15-39-80-73)45-70(63)58-32-38-67-66-37-31-57(56-16-6-5-7-17-56)46-76(66)85-77(67)47-58;/h5-24,29-32,36-47H,25-28H2,1-4H3;/q-3;+3. The molecule has 0 atom stereocenters. The molecule has 0 saturated heterocycles. The summed E-state index contributed by atoms with van der Waals surface area (Å²) >= 11 is 1.86. The molecule has 16 aromatic rings. The first-order valence-corrected chi connectivity index (χ1v) is 30.2. The van der Waals surface area contributed by atoms with Gasteiger partial charge in [0.2, 0.25) is 0 Å². The zero-order valence-corrected chi connectivity index (χ0v) is 51.3. The van der Waals surface area contributed by atoms with E-state index in [1.165, 1.54) is 109 Å². The fourth-order valence-electron chi connectivity index (χ4n) is 13.2. The molecule has 0 fully saturated rings. The Morgan fingerprint density at radius 2 is 0.919 bits per heavy atom. The Balaban J connectivity index is 0.00000625. The minimum Gasteiger partial charge on any atom is -0.337 e. The minimum absolute atomic E-state index is 0. The van der Waals surface area contributed by atoms with E-state index in [0.29, 0.717) is 0 Å². The van der Waals surface area contributed by atoms with E-state index in [4.69, 9.17) is 15.0 Å². The maximum absolute atomic E-state index is 5.07. The number of aromatic nitrogens is 5. The quantitative estimate of drug-likeness (QED) is 0.0958. The molecule has 0 radical (unpaired) electrons. The van der Waals surface area contributed by atoms with Crippen LogP contribution in [0.2, 0.25) is 0 Å². The summed E-state index contributed by atoms with van der Waals surface area (Å²) in [5.41, 5.74) is 25.1. The Labute approximate surface area is 517 Å². The number of aryl methyl sites for hydroxylation is 8. The van der Waals surface area contributed by atoms with Gasteiger partial charge in [0.25, 0.3) is 0 Å². The van der Waals surface area contributed by atoms with Gasteiger partial charge in [-0.1, -0.05) is 186 Å². The second-order valence-electron chi connectivity index (χ2n) is 22.9. The Morgan fingerprint density at radius 1 is 0.384 bits per heavy atom. The molecule has 0 unspecified atom stereocenters. The van der Waals surface area contributed by atoms with E-state index in [1.54, 1.807) is 0 Å². The van der Waals surface area contributed by atoms with Crippen LogP contribution in [0.1, 0.15) is 45.0 Å². The predicted molar refractivity (Wildman–Crippen MR) is 355 cm³/mol. The summed E-state index contributed by atoms with van der Waals surface area (Å²) in [7, 11) is 0. The molecule has 0 saturated carbocycles. The molecule has 6 heterocycles. The van der Waals surface area contributed by atoms with Crippen molar-refractivity contribution in [2.45, 2.75) is 53.4 Å². The number of benzene rings is 10. The van der Waals surface area contributed by atoms with Gasteiger partial charge in [-0.05, 0) is 126 Å². The van der Waals surface area contributed by atoms with Gasteiger partial charge in [-0.3, -0.25) is 9.97 Å². The maximum Gasteiger partial charge on any atom is 3.00 e. The maximum atomic E-state index is 5.07. The number of hydrogen-bond acceptors (Lipinski definition) is 4. The molecule has 6 aromatic heterocycles. The molecule has 5 nitrogen and oxygen atoms in total. The van der Waals surface area contributed by atoms with Crippen molar-refractivity contribution in [2.75, 3.05) is 0 Å². The second kappa shape index (κ2) is 21.6. The SMILES string of the molecule is Cc1nc2c3[c-]cc(CCc4cc(CCc5c[c-]c6c(c5)c5ccccc5n5c(C)c(C)nc65)cc(-c5ccccc5-c5c[c-]c(-c6ccccn6)cc5-c5ccc6c(c5)sc5cc(-c7ccccc7)ccc56)c4)cc3c3ccccc3n2c1C.[Ir+3]. The van der Waals surface area contributed by atoms with Gasteiger partial charge in [0, 0.05) is 60.2 Å². The van der Waals surface area contributed by atoms with Crippen molar-refractivity contribution in [3.8, 4) is 55.8 Å². The summed E-state index contributed by atoms with van der Waals surface area (Å²) in [5.74, 6) is 0.